The van der Waals surface area contributed by atoms with Gasteiger partial charge >= 0.3 is 0 Å². The Balaban J connectivity index is 2.31. The molecular formula is C12H24N2O. The smallest absolute Gasteiger partial charge is 0.225 e. The van der Waals surface area contributed by atoms with Gasteiger partial charge in [-0.1, -0.05) is 19.8 Å². The summed E-state index contributed by atoms with van der Waals surface area (Å²) in [4.78, 5) is 13.8. The van der Waals surface area contributed by atoms with E-state index in [1.165, 1.54) is 25.7 Å². The lowest BCUT2D eigenvalue weighted by atomic mass is 10.0. The second-order valence-electron chi connectivity index (χ2n) is 4.85. The minimum absolute atomic E-state index is 0.0846. The summed E-state index contributed by atoms with van der Waals surface area (Å²) in [5, 5.41) is 0. The van der Waals surface area contributed by atoms with Gasteiger partial charge in [-0.05, 0) is 31.7 Å². The molecule has 1 rings (SSSR count). The number of hydrogen-bond donors (Lipinski definition) is 1. The molecule has 0 bridgehead atoms. The molecule has 0 aliphatic heterocycles. The van der Waals surface area contributed by atoms with Crippen molar-refractivity contribution in [2.24, 2.45) is 17.6 Å². The largest absolute Gasteiger partial charge is 0.345 e. The van der Waals surface area contributed by atoms with Crippen molar-refractivity contribution >= 4 is 5.91 Å². The fourth-order valence-corrected chi connectivity index (χ4v) is 2.42. The second kappa shape index (κ2) is 6.11. The first-order valence-corrected chi connectivity index (χ1v) is 6.10. The van der Waals surface area contributed by atoms with Gasteiger partial charge in [0.15, 0.2) is 0 Å². The molecule has 1 aliphatic rings. The number of hydrogen-bond acceptors (Lipinski definition) is 2. The summed E-state index contributed by atoms with van der Waals surface area (Å²) in [6, 6.07) is 0. The van der Waals surface area contributed by atoms with Gasteiger partial charge in [0.2, 0.25) is 5.91 Å². The van der Waals surface area contributed by atoms with Crippen LogP contribution >= 0.6 is 0 Å². The van der Waals surface area contributed by atoms with Crippen LogP contribution < -0.4 is 5.73 Å². The lowest BCUT2D eigenvalue weighted by Gasteiger charge is -2.24. The normalized spacial score (nSPS) is 19.1. The van der Waals surface area contributed by atoms with E-state index in [0.717, 1.165) is 18.9 Å². The van der Waals surface area contributed by atoms with Crippen molar-refractivity contribution in [1.82, 2.24) is 4.90 Å². The number of rotatable bonds is 5. The molecule has 2 N–H and O–H groups in total. The Morgan fingerprint density at radius 1 is 1.47 bits per heavy atom. The van der Waals surface area contributed by atoms with Gasteiger partial charge in [0, 0.05) is 19.5 Å². The van der Waals surface area contributed by atoms with Gasteiger partial charge in [0.1, 0.15) is 0 Å². The Labute approximate surface area is 93.0 Å². The minimum atomic E-state index is 0.0846. The lowest BCUT2D eigenvalue weighted by Crippen LogP contribution is -2.35. The molecule has 1 fully saturated rings. The van der Waals surface area contributed by atoms with Gasteiger partial charge in [-0.15, -0.1) is 0 Å². The van der Waals surface area contributed by atoms with E-state index in [1.807, 2.05) is 18.9 Å². The third-order valence-corrected chi connectivity index (χ3v) is 3.40. The molecule has 3 heteroatoms. The van der Waals surface area contributed by atoms with Crippen LogP contribution in [0.25, 0.3) is 0 Å². The van der Waals surface area contributed by atoms with Crippen LogP contribution in [-0.4, -0.2) is 30.9 Å². The van der Waals surface area contributed by atoms with E-state index in [4.69, 9.17) is 5.73 Å². The molecule has 0 radical (unpaired) electrons. The average molecular weight is 212 g/mol. The number of carbonyl (C=O) groups excluding carboxylic acids is 1. The first-order chi connectivity index (χ1) is 7.15. The van der Waals surface area contributed by atoms with Crippen molar-refractivity contribution in [3.05, 3.63) is 0 Å². The fourth-order valence-electron chi connectivity index (χ4n) is 2.42. The standard InChI is InChI=1S/C12H24N2O/c1-10(7-8-13)12(15)14(2)9-11-5-3-4-6-11/h10-11H,3-9,13H2,1-2H3. The molecule has 1 unspecified atom stereocenters. The highest BCUT2D eigenvalue weighted by Gasteiger charge is 2.22. The van der Waals surface area contributed by atoms with Crippen LogP contribution in [0, 0.1) is 11.8 Å². The average Bonchev–Trinajstić information content (AvgIpc) is 2.69. The third-order valence-electron chi connectivity index (χ3n) is 3.40. The van der Waals surface area contributed by atoms with Crippen LogP contribution in [0.1, 0.15) is 39.0 Å². The van der Waals surface area contributed by atoms with Crippen molar-refractivity contribution in [1.29, 1.82) is 0 Å². The van der Waals surface area contributed by atoms with Gasteiger partial charge in [0.05, 0.1) is 0 Å². The maximum absolute atomic E-state index is 11.9. The molecule has 88 valence electrons. The van der Waals surface area contributed by atoms with Crippen LogP contribution in [0.4, 0.5) is 0 Å². The van der Waals surface area contributed by atoms with E-state index in [9.17, 15) is 4.79 Å². The summed E-state index contributed by atoms with van der Waals surface area (Å²) in [5.41, 5.74) is 5.46. The molecule has 0 aromatic carbocycles. The molecule has 1 atom stereocenters. The van der Waals surface area contributed by atoms with Gasteiger partial charge in [0.25, 0.3) is 0 Å². The highest BCUT2D eigenvalue weighted by Crippen LogP contribution is 2.25. The Hall–Kier alpha value is -0.570. The highest BCUT2D eigenvalue weighted by molar-refractivity contribution is 5.78. The number of carbonyl (C=O) groups is 1. The predicted molar refractivity (Wildman–Crippen MR) is 62.4 cm³/mol. The number of nitrogens with zero attached hydrogens (tertiary/aromatic N) is 1. The van der Waals surface area contributed by atoms with E-state index < -0.39 is 0 Å². The topological polar surface area (TPSA) is 46.3 Å². The summed E-state index contributed by atoms with van der Waals surface area (Å²) in [6.07, 6.45) is 6.07. The highest BCUT2D eigenvalue weighted by atomic mass is 16.2. The van der Waals surface area contributed by atoms with Crippen LogP contribution in [0.3, 0.4) is 0 Å². The quantitative estimate of drug-likeness (QED) is 0.752. The van der Waals surface area contributed by atoms with E-state index in [-0.39, 0.29) is 11.8 Å². The summed E-state index contributed by atoms with van der Waals surface area (Å²) in [6.45, 7) is 3.51. The van der Waals surface area contributed by atoms with Crippen molar-refractivity contribution in [3.63, 3.8) is 0 Å². The maximum atomic E-state index is 11.9. The summed E-state index contributed by atoms with van der Waals surface area (Å²) in [5.74, 6) is 1.08. The lowest BCUT2D eigenvalue weighted by molar-refractivity contribution is -0.134. The first kappa shape index (κ1) is 12.5. The zero-order chi connectivity index (χ0) is 11.3. The van der Waals surface area contributed by atoms with E-state index in [0.29, 0.717) is 6.54 Å². The molecule has 1 saturated carbocycles. The zero-order valence-electron chi connectivity index (χ0n) is 10.0. The SMILES string of the molecule is CC(CCN)C(=O)N(C)CC1CCCC1. The van der Waals surface area contributed by atoms with Crippen LogP contribution in [0.15, 0.2) is 0 Å². The van der Waals surface area contributed by atoms with Crippen LogP contribution in [0.2, 0.25) is 0 Å². The monoisotopic (exact) mass is 212 g/mol. The molecule has 3 nitrogen and oxygen atoms in total. The second-order valence-corrected chi connectivity index (χ2v) is 4.85. The molecule has 15 heavy (non-hydrogen) atoms. The minimum Gasteiger partial charge on any atom is -0.345 e. The molecule has 1 amide bonds. The molecule has 1 aliphatic carbocycles. The van der Waals surface area contributed by atoms with E-state index in [2.05, 4.69) is 0 Å². The Morgan fingerprint density at radius 2 is 2.07 bits per heavy atom. The summed E-state index contributed by atoms with van der Waals surface area (Å²) >= 11 is 0. The Kier molecular flexibility index (Phi) is 5.09. The van der Waals surface area contributed by atoms with Crippen molar-refractivity contribution in [2.45, 2.75) is 39.0 Å². The fraction of sp³-hybridized carbons (Fsp3) is 0.917. The number of amides is 1. The molecular weight excluding hydrogens is 188 g/mol. The Morgan fingerprint density at radius 3 is 2.60 bits per heavy atom. The van der Waals surface area contributed by atoms with Crippen molar-refractivity contribution < 1.29 is 4.79 Å². The third kappa shape index (κ3) is 3.82. The zero-order valence-corrected chi connectivity index (χ0v) is 10.0. The van der Waals surface area contributed by atoms with Crippen molar-refractivity contribution in [3.8, 4) is 0 Å². The predicted octanol–water partition coefficient (Wildman–Crippen LogP) is 1.62. The summed E-state index contributed by atoms with van der Waals surface area (Å²) in [7, 11) is 1.92. The molecule has 0 aromatic rings. The maximum Gasteiger partial charge on any atom is 0.225 e. The molecule has 0 spiro atoms. The van der Waals surface area contributed by atoms with Crippen molar-refractivity contribution in [2.75, 3.05) is 20.1 Å². The first-order valence-electron chi connectivity index (χ1n) is 6.10. The van der Waals surface area contributed by atoms with Gasteiger partial charge in [-0.3, -0.25) is 4.79 Å². The number of nitrogens with two attached hydrogens (primary N) is 1. The Bertz CT molecular complexity index is 200. The van der Waals surface area contributed by atoms with Crippen LogP contribution in [-0.2, 0) is 4.79 Å². The van der Waals surface area contributed by atoms with E-state index >= 15 is 0 Å². The van der Waals surface area contributed by atoms with Gasteiger partial charge in [-0.25, -0.2) is 0 Å². The molecule has 0 aromatic heterocycles. The van der Waals surface area contributed by atoms with E-state index in [1.54, 1.807) is 0 Å². The van der Waals surface area contributed by atoms with Gasteiger partial charge in [-0.2, -0.15) is 0 Å². The van der Waals surface area contributed by atoms with Crippen LogP contribution in [0.5, 0.6) is 0 Å². The molecule has 0 heterocycles. The molecule has 0 saturated heterocycles. The van der Waals surface area contributed by atoms with Gasteiger partial charge < -0.3 is 10.6 Å². The summed E-state index contributed by atoms with van der Waals surface area (Å²) < 4.78 is 0.